The SMILES string of the molecule is CCc1nc2sc(C)c(C)c2c(=O)n1C(CC)C(=O)O. The van der Waals surface area contributed by atoms with Gasteiger partial charge in [0.05, 0.1) is 5.39 Å². The molecule has 0 saturated heterocycles. The Morgan fingerprint density at radius 3 is 2.55 bits per heavy atom. The fourth-order valence-corrected chi connectivity index (χ4v) is 3.43. The van der Waals surface area contributed by atoms with E-state index in [1.807, 2.05) is 20.8 Å². The molecule has 2 aromatic heterocycles. The predicted molar refractivity (Wildman–Crippen MR) is 79.7 cm³/mol. The molecule has 0 radical (unpaired) electrons. The molecule has 5 nitrogen and oxygen atoms in total. The van der Waals surface area contributed by atoms with Crippen LogP contribution in [0.5, 0.6) is 0 Å². The molecule has 6 heteroatoms. The molecule has 0 aliphatic heterocycles. The molecule has 0 spiro atoms. The maximum atomic E-state index is 12.7. The molecule has 108 valence electrons. The number of nitrogens with zero attached hydrogens (tertiary/aromatic N) is 2. The molecule has 0 fully saturated rings. The first-order chi connectivity index (χ1) is 9.42. The van der Waals surface area contributed by atoms with Crippen LogP contribution in [0.2, 0.25) is 0 Å². The van der Waals surface area contributed by atoms with Crippen LogP contribution in [0.4, 0.5) is 0 Å². The standard InChI is InChI=1S/C14H18N2O3S/c1-5-9(14(18)19)16-10(6-2)15-12-11(13(16)17)7(3)8(4)20-12/h9H,5-6H2,1-4H3,(H,18,19). The lowest BCUT2D eigenvalue weighted by Crippen LogP contribution is -2.33. The van der Waals surface area contributed by atoms with Crippen molar-refractivity contribution in [1.29, 1.82) is 0 Å². The van der Waals surface area contributed by atoms with E-state index in [9.17, 15) is 14.7 Å². The third-order valence-electron chi connectivity index (χ3n) is 3.61. The molecule has 0 aliphatic rings. The maximum absolute atomic E-state index is 12.7. The molecule has 0 saturated carbocycles. The van der Waals surface area contributed by atoms with Gasteiger partial charge >= 0.3 is 5.97 Å². The minimum Gasteiger partial charge on any atom is -0.480 e. The van der Waals surface area contributed by atoms with Crippen LogP contribution in [-0.4, -0.2) is 20.6 Å². The lowest BCUT2D eigenvalue weighted by molar-refractivity contribution is -0.141. The number of rotatable bonds is 4. The molecule has 1 unspecified atom stereocenters. The van der Waals surface area contributed by atoms with Gasteiger partial charge in [-0.15, -0.1) is 11.3 Å². The van der Waals surface area contributed by atoms with E-state index in [-0.39, 0.29) is 5.56 Å². The highest BCUT2D eigenvalue weighted by Gasteiger charge is 2.24. The number of hydrogen-bond acceptors (Lipinski definition) is 4. The average Bonchev–Trinajstić information content (AvgIpc) is 2.68. The van der Waals surface area contributed by atoms with Crippen molar-refractivity contribution in [2.24, 2.45) is 0 Å². The molecule has 1 atom stereocenters. The van der Waals surface area contributed by atoms with E-state index in [0.29, 0.717) is 28.9 Å². The van der Waals surface area contributed by atoms with Crippen molar-refractivity contribution in [3.8, 4) is 0 Å². The first kappa shape index (κ1) is 14.7. The van der Waals surface area contributed by atoms with E-state index in [1.165, 1.54) is 15.9 Å². The molecule has 0 aromatic carbocycles. The van der Waals surface area contributed by atoms with Crippen molar-refractivity contribution in [3.05, 3.63) is 26.6 Å². The molecule has 0 amide bonds. The normalized spacial score (nSPS) is 12.8. The van der Waals surface area contributed by atoms with Gasteiger partial charge in [-0.05, 0) is 25.8 Å². The summed E-state index contributed by atoms with van der Waals surface area (Å²) >= 11 is 1.49. The average molecular weight is 294 g/mol. The van der Waals surface area contributed by atoms with Crippen LogP contribution < -0.4 is 5.56 Å². The number of aliphatic carboxylic acids is 1. The van der Waals surface area contributed by atoms with Gasteiger partial charge in [0, 0.05) is 11.3 Å². The van der Waals surface area contributed by atoms with Crippen molar-refractivity contribution in [2.75, 3.05) is 0 Å². The van der Waals surface area contributed by atoms with Gasteiger partial charge in [-0.3, -0.25) is 9.36 Å². The second-order valence-corrected chi connectivity index (χ2v) is 5.99. The van der Waals surface area contributed by atoms with Crippen LogP contribution in [0, 0.1) is 13.8 Å². The van der Waals surface area contributed by atoms with E-state index in [4.69, 9.17) is 0 Å². The summed E-state index contributed by atoms with van der Waals surface area (Å²) in [6.45, 7) is 7.48. The summed E-state index contributed by atoms with van der Waals surface area (Å²) in [5.74, 6) is -0.451. The largest absolute Gasteiger partial charge is 0.480 e. The third-order valence-corrected chi connectivity index (χ3v) is 4.71. The number of thiophene rings is 1. The minimum atomic E-state index is -0.991. The Hall–Kier alpha value is -1.69. The summed E-state index contributed by atoms with van der Waals surface area (Å²) in [5.41, 5.74) is 0.669. The van der Waals surface area contributed by atoms with E-state index < -0.39 is 12.0 Å². The molecular weight excluding hydrogens is 276 g/mol. The first-order valence-corrected chi connectivity index (χ1v) is 7.47. The van der Waals surface area contributed by atoms with Gasteiger partial charge in [-0.2, -0.15) is 0 Å². The van der Waals surface area contributed by atoms with Crippen LogP contribution in [0.3, 0.4) is 0 Å². The van der Waals surface area contributed by atoms with E-state index in [2.05, 4.69) is 4.98 Å². The van der Waals surface area contributed by atoms with Gasteiger partial charge in [0.2, 0.25) is 0 Å². The van der Waals surface area contributed by atoms with Gasteiger partial charge in [0.25, 0.3) is 5.56 Å². The smallest absolute Gasteiger partial charge is 0.326 e. The van der Waals surface area contributed by atoms with Gasteiger partial charge in [-0.1, -0.05) is 13.8 Å². The first-order valence-electron chi connectivity index (χ1n) is 6.66. The zero-order chi connectivity index (χ0) is 15.0. The van der Waals surface area contributed by atoms with Crippen molar-refractivity contribution < 1.29 is 9.90 Å². The second kappa shape index (κ2) is 5.36. The van der Waals surface area contributed by atoms with Crippen LogP contribution in [0.15, 0.2) is 4.79 Å². The number of aromatic nitrogens is 2. The monoisotopic (exact) mass is 294 g/mol. The Balaban J connectivity index is 2.88. The summed E-state index contributed by atoms with van der Waals surface area (Å²) in [5, 5.41) is 9.89. The molecule has 0 bridgehead atoms. The topological polar surface area (TPSA) is 72.2 Å². The fraction of sp³-hybridized carbons (Fsp3) is 0.500. The summed E-state index contributed by atoms with van der Waals surface area (Å²) in [6.07, 6.45) is 0.891. The maximum Gasteiger partial charge on any atom is 0.326 e. The van der Waals surface area contributed by atoms with Gasteiger partial charge in [0.1, 0.15) is 16.7 Å². The van der Waals surface area contributed by atoms with Crippen LogP contribution in [0.25, 0.3) is 10.2 Å². The minimum absolute atomic E-state index is 0.233. The molecule has 1 N–H and O–H groups in total. The van der Waals surface area contributed by atoms with Crippen LogP contribution >= 0.6 is 11.3 Å². The summed E-state index contributed by atoms with van der Waals surface area (Å²) in [7, 11) is 0. The molecule has 2 heterocycles. The van der Waals surface area contributed by atoms with Crippen molar-refractivity contribution >= 4 is 27.5 Å². The second-order valence-electron chi connectivity index (χ2n) is 4.78. The van der Waals surface area contributed by atoms with E-state index in [0.717, 1.165) is 10.4 Å². The van der Waals surface area contributed by atoms with Crippen LogP contribution in [-0.2, 0) is 11.2 Å². The zero-order valence-electron chi connectivity index (χ0n) is 12.1. The van der Waals surface area contributed by atoms with Gasteiger partial charge in [0.15, 0.2) is 0 Å². The lowest BCUT2D eigenvalue weighted by Gasteiger charge is -2.17. The molecule has 2 rings (SSSR count). The quantitative estimate of drug-likeness (QED) is 0.941. The Bertz CT molecular complexity index is 730. The highest BCUT2D eigenvalue weighted by Crippen LogP contribution is 2.27. The Morgan fingerprint density at radius 1 is 1.40 bits per heavy atom. The van der Waals surface area contributed by atoms with Crippen molar-refractivity contribution in [2.45, 2.75) is 46.6 Å². The Labute approximate surface area is 120 Å². The number of hydrogen-bond donors (Lipinski definition) is 1. The van der Waals surface area contributed by atoms with Crippen molar-refractivity contribution in [1.82, 2.24) is 9.55 Å². The zero-order valence-corrected chi connectivity index (χ0v) is 12.9. The molecule has 20 heavy (non-hydrogen) atoms. The summed E-state index contributed by atoms with van der Waals surface area (Å²) < 4.78 is 1.35. The Kier molecular flexibility index (Phi) is 3.94. The lowest BCUT2D eigenvalue weighted by atomic mass is 10.1. The number of aryl methyl sites for hydroxylation is 3. The number of fused-ring (bicyclic) bond motifs is 1. The van der Waals surface area contributed by atoms with Crippen molar-refractivity contribution in [3.63, 3.8) is 0 Å². The number of carboxylic acids is 1. The molecular formula is C14H18N2O3S. The molecule has 0 aliphatic carbocycles. The van der Waals surface area contributed by atoms with Crippen LogP contribution in [0.1, 0.15) is 42.6 Å². The van der Waals surface area contributed by atoms with Gasteiger partial charge in [-0.25, -0.2) is 9.78 Å². The highest BCUT2D eigenvalue weighted by atomic mass is 32.1. The fourth-order valence-electron chi connectivity index (χ4n) is 2.39. The number of carboxylic acid groups (broad SMARTS) is 1. The van der Waals surface area contributed by atoms with E-state index in [1.54, 1.807) is 6.92 Å². The Morgan fingerprint density at radius 2 is 2.05 bits per heavy atom. The predicted octanol–water partition coefficient (Wildman–Crippen LogP) is 2.67. The summed E-state index contributed by atoms with van der Waals surface area (Å²) in [4.78, 5) is 30.4. The highest BCUT2D eigenvalue weighted by molar-refractivity contribution is 7.18. The van der Waals surface area contributed by atoms with E-state index >= 15 is 0 Å². The van der Waals surface area contributed by atoms with Gasteiger partial charge < -0.3 is 5.11 Å². The molecule has 2 aromatic rings. The summed E-state index contributed by atoms with van der Waals surface area (Å²) in [6, 6.07) is -0.853. The number of carbonyl (C=O) groups is 1. The third kappa shape index (κ3) is 2.14.